The fraction of sp³-hybridized carbons (Fsp3) is 0.154. The molecular weight excluding hydrogens is 448 g/mol. The lowest BCUT2D eigenvalue weighted by molar-refractivity contribution is -0.114. The van der Waals surface area contributed by atoms with Crippen molar-refractivity contribution in [3.05, 3.63) is 83.7 Å². The van der Waals surface area contributed by atoms with E-state index in [1.165, 1.54) is 6.92 Å². The van der Waals surface area contributed by atoms with Crippen LogP contribution < -0.4 is 20.1 Å². The Hall–Kier alpha value is -4.66. The van der Waals surface area contributed by atoms with Crippen molar-refractivity contribution in [3.8, 4) is 23.0 Å². The molecule has 0 atom stereocenters. The molecule has 1 heterocycles. The number of benzene rings is 3. The third-order valence-electron chi connectivity index (χ3n) is 5.17. The highest BCUT2D eigenvalue weighted by atomic mass is 16.5. The van der Waals surface area contributed by atoms with Crippen LogP contribution in [0.1, 0.15) is 28.7 Å². The van der Waals surface area contributed by atoms with Crippen LogP contribution >= 0.6 is 0 Å². The van der Waals surface area contributed by atoms with Crippen LogP contribution in [0.5, 0.6) is 11.5 Å². The average Bonchev–Trinajstić information content (AvgIpc) is 3.34. The van der Waals surface area contributed by atoms with E-state index in [9.17, 15) is 9.59 Å². The van der Waals surface area contributed by atoms with Crippen molar-refractivity contribution in [2.45, 2.75) is 20.5 Å². The Kier molecular flexibility index (Phi) is 7.06. The number of aromatic nitrogens is 2. The van der Waals surface area contributed by atoms with Crippen LogP contribution in [0.15, 0.2) is 71.1 Å². The number of nitrogens with one attached hydrogen (secondary N) is 2. The Morgan fingerprint density at radius 3 is 2.31 bits per heavy atom. The van der Waals surface area contributed by atoms with Gasteiger partial charge in [-0.3, -0.25) is 9.59 Å². The van der Waals surface area contributed by atoms with Crippen LogP contribution in [0.3, 0.4) is 0 Å². The second-order valence-electron chi connectivity index (χ2n) is 7.66. The van der Waals surface area contributed by atoms with Crippen LogP contribution in [0.25, 0.3) is 11.5 Å². The van der Waals surface area contributed by atoms with Crippen molar-refractivity contribution < 1.29 is 23.5 Å². The van der Waals surface area contributed by atoms with E-state index < -0.39 is 0 Å². The van der Waals surface area contributed by atoms with Gasteiger partial charge in [0.25, 0.3) is 11.8 Å². The van der Waals surface area contributed by atoms with Crippen LogP contribution in [0.2, 0.25) is 0 Å². The number of methoxy groups -OCH3 is 1. The van der Waals surface area contributed by atoms with Gasteiger partial charge in [0.1, 0.15) is 11.5 Å². The molecule has 178 valence electrons. The van der Waals surface area contributed by atoms with Gasteiger partial charge in [-0.2, -0.15) is 0 Å². The average molecular weight is 473 g/mol. The van der Waals surface area contributed by atoms with Gasteiger partial charge in [-0.1, -0.05) is 6.07 Å². The predicted octanol–water partition coefficient (Wildman–Crippen LogP) is 4.84. The normalized spacial score (nSPS) is 10.5. The third kappa shape index (κ3) is 5.83. The molecule has 2 N–H and O–H groups in total. The highest BCUT2D eigenvalue weighted by Crippen LogP contribution is 2.23. The van der Waals surface area contributed by atoms with Gasteiger partial charge in [-0.05, 0) is 73.2 Å². The minimum absolute atomic E-state index is 0.101. The molecule has 4 aromatic rings. The summed E-state index contributed by atoms with van der Waals surface area (Å²) >= 11 is 0. The molecule has 0 aliphatic heterocycles. The predicted molar refractivity (Wildman–Crippen MR) is 130 cm³/mol. The molecule has 0 saturated carbocycles. The largest absolute Gasteiger partial charge is 0.497 e. The minimum atomic E-state index is -0.278. The number of rotatable bonds is 8. The fourth-order valence-corrected chi connectivity index (χ4v) is 3.35. The molecule has 0 radical (unpaired) electrons. The van der Waals surface area contributed by atoms with Crippen LogP contribution in [-0.4, -0.2) is 29.1 Å². The van der Waals surface area contributed by atoms with Gasteiger partial charge in [-0.25, -0.2) is 0 Å². The summed E-state index contributed by atoms with van der Waals surface area (Å²) in [6, 6.07) is 19.4. The first-order chi connectivity index (χ1) is 16.9. The fourth-order valence-electron chi connectivity index (χ4n) is 3.35. The first-order valence-electron chi connectivity index (χ1n) is 10.8. The molecule has 2 amide bonds. The van der Waals surface area contributed by atoms with Crippen LogP contribution in [0.4, 0.5) is 11.4 Å². The van der Waals surface area contributed by atoms with E-state index in [1.54, 1.807) is 56.5 Å². The molecule has 0 aliphatic rings. The molecule has 1 aromatic heterocycles. The van der Waals surface area contributed by atoms with Gasteiger partial charge >= 0.3 is 0 Å². The second kappa shape index (κ2) is 10.5. The number of hydrogen-bond acceptors (Lipinski definition) is 7. The maximum atomic E-state index is 12.7. The molecule has 0 spiro atoms. The highest BCUT2D eigenvalue weighted by Gasteiger charge is 2.13. The molecule has 0 bridgehead atoms. The third-order valence-corrected chi connectivity index (χ3v) is 5.17. The summed E-state index contributed by atoms with van der Waals surface area (Å²) in [5.41, 5.74) is 3.15. The maximum Gasteiger partial charge on any atom is 0.256 e. The molecule has 9 nitrogen and oxygen atoms in total. The number of amides is 2. The van der Waals surface area contributed by atoms with E-state index in [-0.39, 0.29) is 18.4 Å². The lowest BCUT2D eigenvalue weighted by Gasteiger charge is -2.12. The monoisotopic (exact) mass is 472 g/mol. The molecule has 9 heteroatoms. The number of ether oxygens (including phenoxy) is 2. The zero-order valence-corrected chi connectivity index (χ0v) is 19.5. The van der Waals surface area contributed by atoms with Crippen molar-refractivity contribution in [2.24, 2.45) is 0 Å². The van der Waals surface area contributed by atoms with Gasteiger partial charge in [0, 0.05) is 29.4 Å². The molecule has 0 saturated heterocycles. The Bertz CT molecular complexity index is 1330. The Morgan fingerprint density at radius 1 is 0.914 bits per heavy atom. The summed E-state index contributed by atoms with van der Waals surface area (Å²) in [6.45, 7) is 3.31. The first-order valence-corrected chi connectivity index (χ1v) is 10.8. The highest BCUT2D eigenvalue weighted by molar-refractivity contribution is 6.06. The second-order valence-corrected chi connectivity index (χ2v) is 7.66. The topological polar surface area (TPSA) is 116 Å². The van der Waals surface area contributed by atoms with E-state index in [0.717, 1.165) is 11.3 Å². The zero-order valence-electron chi connectivity index (χ0n) is 19.5. The summed E-state index contributed by atoms with van der Waals surface area (Å²) in [6.07, 6.45) is 0. The van der Waals surface area contributed by atoms with Crippen molar-refractivity contribution in [2.75, 3.05) is 17.7 Å². The smallest absolute Gasteiger partial charge is 0.256 e. The molecular formula is C26H24N4O5. The Morgan fingerprint density at radius 2 is 1.63 bits per heavy atom. The molecule has 0 aliphatic carbocycles. The number of hydrogen-bond donors (Lipinski definition) is 2. The summed E-state index contributed by atoms with van der Waals surface area (Å²) < 4.78 is 16.5. The summed E-state index contributed by atoms with van der Waals surface area (Å²) in [7, 11) is 1.60. The molecule has 4 rings (SSSR count). The van der Waals surface area contributed by atoms with E-state index in [4.69, 9.17) is 13.9 Å². The van der Waals surface area contributed by atoms with Crippen LogP contribution in [-0.2, 0) is 11.4 Å². The van der Waals surface area contributed by atoms with E-state index in [0.29, 0.717) is 40.0 Å². The molecule has 0 unspecified atom stereocenters. The summed E-state index contributed by atoms with van der Waals surface area (Å²) in [5, 5.41) is 13.6. The SMILES string of the molecule is COc1ccc(-c2nnc(COc3ccc(NC(=O)c4cccc(NC(C)=O)c4C)cc3)o2)cc1. The lowest BCUT2D eigenvalue weighted by atomic mass is 10.1. The van der Waals surface area contributed by atoms with E-state index in [2.05, 4.69) is 20.8 Å². The van der Waals surface area contributed by atoms with Gasteiger partial charge in [0.05, 0.1) is 7.11 Å². The van der Waals surface area contributed by atoms with Crippen molar-refractivity contribution >= 4 is 23.2 Å². The maximum absolute atomic E-state index is 12.7. The number of anilines is 2. The summed E-state index contributed by atoms with van der Waals surface area (Å²) in [5.74, 6) is 1.57. The minimum Gasteiger partial charge on any atom is -0.497 e. The van der Waals surface area contributed by atoms with Crippen molar-refractivity contribution in [1.29, 1.82) is 0 Å². The van der Waals surface area contributed by atoms with Crippen molar-refractivity contribution in [1.82, 2.24) is 10.2 Å². The van der Waals surface area contributed by atoms with E-state index >= 15 is 0 Å². The molecule has 3 aromatic carbocycles. The van der Waals surface area contributed by atoms with Crippen LogP contribution in [0, 0.1) is 6.92 Å². The van der Waals surface area contributed by atoms with Gasteiger partial charge < -0.3 is 24.5 Å². The van der Waals surface area contributed by atoms with Gasteiger partial charge in [0.2, 0.25) is 11.8 Å². The zero-order chi connectivity index (χ0) is 24.8. The summed E-state index contributed by atoms with van der Waals surface area (Å²) in [4.78, 5) is 24.1. The molecule has 0 fully saturated rings. The number of carbonyl (C=O) groups is 2. The molecule has 35 heavy (non-hydrogen) atoms. The van der Waals surface area contributed by atoms with Gasteiger partial charge in [0.15, 0.2) is 6.61 Å². The number of nitrogens with zero attached hydrogens (tertiary/aromatic N) is 2. The standard InChI is InChI=1S/C26H24N4O5/c1-16-22(5-4-6-23(16)27-17(2)31)25(32)28-19-9-13-21(14-10-19)34-15-24-29-30-26(35-24)18-7-11-20(33-3)12-8-18/h4-14H,15H2,1-3H3,(H,27,31)(H,28,32). The lowest BCUT2D eigenvalue weighted by Crippen LogP contribution is -2.15. The Balaban J connectivity index is 1.35. The van der Waals surface area contributed by atoms with E-state index in [1.807, 2.05) is 24.3 Å². The van der Waals surface area contributed by atoms with Crippen molar-refractivity contribution in [3.63, 3.8) is 0 Å². The quantitative estimate of drug-likeness (QED) is 0.377. The van der Waals surface area contributed by atoms with Gasteiger partial charge in [-0.15, -0.1) is 10.2 Å². The Labute approximate surface area is 202 Å². The number of carbonyl (C=O) groups excluding carboxylic acids is 2. The first kappa shape index (κ1) is 23.5.